The molecule has 1 heterocycles. The molecule has 0 aliphatic heterocycles. The van der Waals surface area contributed by atoms with Crippen molar-refractivity contribution >= 4 is 17.4 Å². The topological polar surface area (TPSA) is 37.8 Å². The van der Waals surface area contributed by atoms with Crippen molar-refractivity contribution in [2.45, 2.75) is 39.0 Å². The van der Waals surface area contributed by atoms with Crippen molar-refractivity contribution in [3.8, 4) is 0 Å². The zero-order valence-electron chi connectivity index (χ0n) is 9.17. The molecule has 84 valence electrons. The number of anilines is 1. The van der Waals surface area contributed by atoms with Gasteiger partial charge < -0.3 is 5.32 Å². The predicted molar refractivity (Wildman–Crippen MR) is 64.3 cm³/mol. The highest BCUT2D eigenvalue weighted by Crippen LogP contribution is 2.09. The Morgan fingerprint density at radius 2 is 2.00 bits per heavy atom. The molecule has 0 saturated heterocycles. The summed E-state index contributed by atoms with van der Waals surface area (Å²) in [7, 11) is 0. The fraction of sp³-hybridized carbons (Fsp3) is 0.636. The molecular formula is C11H18ClN3. The highest BCUT2D eigenvalue weighted by Gasteiger charge is 1.95. The van der Waals surface area contributed by atoms with Crippen molar-refractivity contribution in [1.82, 2.24) is 9.97 Å². The Kier molecular flexibility index (Phi) is 6.09. The Morgan fingerprint density at radius 1 is 1.20 bits per heavy atom. The van der Waals surface area contributed by atoms with E-state index in [4.69, 9.17) is 11.6 Å². The molecule has 0 aliphatic rings. The van der Waals surface area contributed by atoms with Crippen molar-refractivity contribution in [2.24, 2.45) is 0 Å². The monoisotopic (exact) mass is 227 g/mol. The van der Waals surface area contributed by atoms with Crippen LogP contribution in [0.15, 0.2) is 12.4 Å². The lowest BCUT2D eigenvalue weighted by atomic mass is 10.1. The molecule has 0 fully saturated rings. The molecule has 0 aromatic carbocycles. The van der Waals surface area contributed by atoms with Gasteiger partial charge in [-0.2, -0.15) is 0 Å². The molecular weight excluding hydrogens is 210 g/mol. The first-order valence-corrected chi connectivity index (χ1v) is 5.92. The summed E-state index contributed by atoms with van der Waals surface area (Å²) in [5.41, 5.74) is 0. The first-order valence-electron chi connectivity index (χ1n) is 5.54. The predicted octanol–water partition coefficient (Wildman–Crippen LogP) is 3.51. The van der Waals surface area contributed by atoms with Crippen LogP contribution >= 0.6 is 11.6 Å². The number of hydrogen-bond donors (Lipinski definition) is 1. The van der Waals surface area contributed by atoms with Gasteiger partial charge in [0, 0.05) is 12.6 Å². The van der Waals surface area contributed by atoms with Crippen molar-refractivity contribution in [2.75, 3.05) is 11.9 Å². The minimum Gasteiger partial charge on any atom is -0.370 e. The molecule has 3 nitrogen and oxygen atoms in total. The van der Waals surface area contributed by atoms with Gasteiger partial charge in [0.15, 0.2) is 0 Å². The maximum atomic E-state index is 5.74. The van der Waals surface area contributed by atoms with E-state index in [1.807, 2.05) is 0 Å². The van der Waals surface area contributed by atoms with E-state index in [0.29, 0.717) is 5.15 Å². The number of unbranched alkanes of at least 4 members (excludes halogenated alkanes) is 4. The van der Waals surface area contributed by atoms with Crippen LogP contribution in [0, 0.1) is 0 Å². The highest BCUT2D eigenvalue weighted by molar-refractivity contribution is 6.29. The second kappa shape index (κ2) is 7.46. The van der Waals surface area contributed by atoms with Crippen LogP contribution in [0.3, 0.4) is 0 Å². The molecule has 0 bridgehead atoms. The SMILES string of the molecule is CCCCCCCNc1cc(Cl)ncn1. The Balaban J connectivity index is 2.10. The molecule has 0 aliphatic carbocycles. The first kappa shape index (κ1) is 12.2. The van der Waals surface area contributed by atoms with Crippen LogP contribution in [0.1, 0.15) is 39.0 Å². The first-order chi connectivity index (χ1) is 7.33. The Morgan fingerprint density at radius 3 is 2.73 bits per heavy atom. The summed E-state index contributed by atoms with van der Waals surface area (Å²) in [4.78, 5) is 7.89. The third-order valence-corrected chi connectivity index (χ3v) is 2.43. The average molecular weight is 228 g/mol. The fourth-order valence-corrected chi connectivity index (χ4v) is 1.52. The maximum Gasteiger partial charge on any atom is 0.134 e. The number of nitrogens with zero attached hydrogens (tertiary/aromatic N) is 2. The van der Waals surface area contributed by atoms with Gasteiger partial charge in [0.05, 0.1) is 0 Å². The summed E-state index contributed by atoms with van der Waals surface area (Å²) in [5, 5.41) is 3.71. The highest BCUT2D eigenvalue weighted by atomic mass is 35.5. The van der Waals surface area contributed by atoms with E-state index in [0.717, 1.165) is 12.4 Å². The van der Waals surface area contributed by atoms with Crippen LogP contribution < -0.4 is 5.32 Å². The van der Waals surface area contributed by atoms with Gasteiger partial charge in [0.25, 0.3) is 0 Å². The second-order valence-corrected chi connectivity index (χ2v) is 3.95. The molecule has 15 heavy (non-hydrogen) atoms. The number of hydrogen-bond acceptors (Lipinski definition) is 3. The minimum atomic E-state index is 0.485. The van der Waals surface area contributed by atoms with E-state index in [1.54, 1.807) is 6.07 Å². The zero-order valence-corrected chi connectivity index (χ0v) is 9.93. The van der Waals surface area contributed by atoms with E-state index in [2.05, 4.69) is 22.2 Å². The molecule has 0 radical (unpaired) electrons. The lowest BCUT2D eigenvalue weighted by Gasteiger charge is -2.04. The van der Waals surface area contributed by atoms with Gasteiger partial charge in [0.1, 0.15) is 17.3 Å². The van der Waals surface area contributed by atoms with Gasteiger partial charge in [-0.1, -0.05) is 44.2 Å². The largest absolute Gasteiger partial charge is 0.370 e. The lowest BCUT2D eigenvalue weighted by molar-refractivity contribution is 0.644. The normalized spacial score (nSPS) is 10.3. The Bertz CT molecular complexity index is 278. The van der Waals surface area contributed by atoms with Crippen LogP contribution in [0.4, 0.5) is 5.82 Å². The fourth-order valence-electron chi connectivity index (χ4n) is 1.38. The van der Waals surface area contributed by atoms with Crippen LogP contribution in [0.25, 0.3) is 0 Å². The minimum absolute atomic E-state index is 0.485. The molecule has 1 rings (SSSR count). The third-order valence-electron chi connectivity index (χ3n) is 2.22. The molecule has 0 saturated carbocycles. The summed E-state index contributed by atoms with van der Waals surface area (Å²) in [6, 6.07) is 1.74. The standard InChI is InChI=1S/C11H18ClN3/c1-2-3-4-5-6-7-13-11-8-10(12)14-9-15-11/h8-9H,2-7H2,1H3,(H,13,14,15). The molecule has 1 N–H and O–H groups in total. The molecule has 0 atom stereocenters. The van der Waals surface area contributed by atoms with Crippen molar-refractivity contribution in [1.29, 1.82) is 0 Å². The van der Waals surface area contributed by atoms with Gasteiger partial charge in [-0.05, 0) is 6.42 Å². The van der Waals surface area contributed by atoms with E-state index >= 15 is 0 Å². The number of nitrogens with one attached hydrogen (secondary N) is 1. The van der Waals surface area contributed by atoms with Crippen molar-refractivity contribution in [3.05, 3.63) is 17.5 Å². The molecule has 1 aromatic rings. The van der Waals surface area contributed by atoms with E-state index < -0.39 is 0 Å². The van der Waals surface area contributed by atoms with Gasteiger partial charge in [0.2, 0.25) is 0 Å². The van der Waals surface area contributed by atoms with E-state index in [9.17, 15) is 0 Å². The lowest BCUT2D eigenvalue weighted by Crippen LogP contribution is -2.03. The summed E-state index contributed by atoms with van der Waals surface area (Å²) >= 11 is 5.74. The third kappa shape index (κ3) is 5.57. The average Bonchev–Trinajstić information content (AvgIpc) is 2.23. The maximum absolute atomic E-state index is 5.74. The van der Waals surface area contributed by atoms with Gasteiger partial charge >= 0.3 is 0 Å². The molecule has 1 aromatic heterocycles. The Hall–Kier alpha value is -0.830. The molecule has 4 heteroatoms. The van der Waals surface area contributed by atoms with Crippen LogP contribution in [-0.2, 0) is 0 Å². The summed E-state index contributed by atoms with van der Waals surface area (Å²) in [6.07, 6.45) is 7.88. The van der Waals surface area contributed by atoms with Gasteiger partial charge in [-0.25, -0.2) is 9.97 Å². The zero-order chi connectivity index (χ0) is 10.9. The van der Waals surface area contributed by atoms with Gasteiger partial charge in [-0.3, -0.25) is 0 Å². The molecule has 0 amide bonds. The number of aromatic nitrogens is 2. The smallest absolute Gasteiger partial charge is 0.134 e. The second-order valence-electron chi connectivity index (χ2n) is 3.57. The molecule has 0 unspecified atom stereocenters. The van der Waals surface area contributed by atoms with Gasteiger partial charge in [-0.15, -0.1) is 0 Å². The van der Waals surface area contributed by atoms with Crippen molar-refractivity contribution in [3.63, 3.8) is 0 Å². The van der Waals surface area contributed by atoms with E-state index in [-0.39, 0.29) is 0 Å². The summed E-state index contributed by atoms with van der Waals surface area (Å²) in [5.74, 6) is 0.811. The van der Waals surface area contributed by atoms with Crippen LogP contribution in [-0.4, -0.2) is 16.5 Å². The number of rotatable bonds is 7. The van der Waals surface area contributed by atoms with Crippen LogP contribution in [0.2, 0.25) is 5.15 Å². The Labute approximate surface area is 96.3 Å². The molecule has 0 spiro atoms. The van der Waals surface area contributed by atoms with E-state index in [1.165, 1.54) is 38.4 Å². The summed E-state index contributed by atoms with van der Waals surface area (Å²) < 4.78 is 0. The number of halogens is 1. The summed E-state index contributed by atoms with van der Waals surface area (Å²) in [6.45, 7) is 3.18. The quantitative estimate of drug-likeness (QED) is 0.572. The van der Waals surface area contributed by atoms with Crippen LogP contribution in [0.5, 0.6) is 0 Å². The van der Waals surface area contributed by atoms with Crippen molar-refractivity contribution < 1.29 is 0 Å².